The number of ether oxygens (including phenoxy) is 3. The molecule has 4 saturated carbocycles. The van der Waals surface area contributed by atoms with Gasteiger partial charge >= 0.3 is 5.97 Å². The van der Waals surface area contributed by atoms with E-state index in [0.717, 1.165) is 18.4 Å². The van der Waals surface area contributed by atoms with Crippen molar-refractivity contribution >= 4 is 11.8 Å². The Kier molecular flexibility index (Phi) is 4.75. The Morgan fingerprint density at radius 2 is 1.97 bits per heavy atom. The molecule has 6 nitrogen and oxygen atoms in total. The van der Waals surface area contributed by atoms with Crippen molar-refractivity contribution < 1.29 is 33.3 Å². The zero-order chi connectivity index (χ0) is 22.2. The van der Waals surface area contributed by atoms with Gasteiger partial charge in [-0.3, -0.25) is 4.79 Å². The summed E-state index contributed by atoms with van der Waals surface area (Å²) in [4.78, 5) is 25.6. The molecule has 0 unspecified atom stereocenters. The number of ketones is 1. The van der Waals surface area contributed by atoms with Crippen molar-refractivity contribution in [1.82, 2.24) is 0 Å². The van der Waals surface area contributed by atoms with Gasteiger partial charge in [0.1, 0.15) is 17.6 Å². The number of halogens is 1. The molecule has 0 aromatic heterocycles. The molecule has 0 bridgehead atoms. The van der Waals surface area contributed by atoms with Gasteiger partial charge in [0.05, 0.1) is 20.3 Å². The Morgan fingerprint density at radius 3 is 2.65 bits per heavy atom. The van der Waals surface area contributed by atoms with Gasteiger partial charge in [-0.2, -0.15) is 0 Å². The van der Waals surface area contributed by atoms with E-state index in [0.29, 0.717) is 32.5 Å². The van der Waals surface area contributed by atoms with Crippen LogP contribution in [-0.4, -0.2) is 54.7 Å². The number of alkyl halides is 1. The van der Waals surface area contributed by atoms with Crippen molar-refractivity contribution in [1.29, 1.82) is 0 Å². The highest BCUT2D eigenvalue weighted by Crippen LogP contribution is 2.68. The van der Waals surface area contributed by atoms with Gasteiger partial charge in [-0.15, -0.1) is 0 Å². The van der Waals surface area contributed by atoms with Crippen LogP contribution >= 0.6 is 0 Å². The van der Waals surface area contributed by atoms with E-state index >= 15 is 4.39 Å². The molecule has 1 N–H and O–H groups in total. The van der Waals surface area contributed by atoms with Gasteiger partial charge in [0.15, 0.2) is 5.79 Å². The maximum Gasteiger partial charge on any atom is 0.330 e. The second-order valence-electron chi connectivity index (χ2n) is 10.9. The molecule has 0 amide bonds. The number of aliphatic hydroxyl groups is 1. The average molecular weight is 437 g/mol. The molecule has 0 radical (unpaired) electrons. The first-order valence-electron chi connectivity index (χ1n) is 11.5. The summed E-state index contributed by atoms with van der Waals surface area (Å²) in [6, 6.07) is 0. The van der Waals surface area contributed by atoms with E-state index in [-0.39, 0.29) is 36.4 Å². The minimum absolute atomic E-state index is 0.0730. The van der Waals surface area contributed by atoms with E-state index in [1.165, 1.54) is 13.2 Å². The van der Waals surface area contributed by atoms with E-state index in [4.69, 9.17) is 14.2 Å². The maximum atomic E-state index is 15.9. The Labute approximate surface area is 182 Å². The van der Waals surface area contributed by atoms with Crippen molar-refractivity contribution in [2.75, 3.05) is 20.3 Å². The van der Waals surface area contributed by atoms with E-state index < -0.39 is 34.4 Å². The molecule has 1 heterocycles. The lowest BCUT2D eigenvalue weighted by Gasteiger charge is -2.64. The van der Waals surface area contributed by atoms with Crippen LogP contribution in [0.4, 0.5) is 4.39 Å². The molecule has 172 valence electrons. The summed E-state index contributed by atoms with van der Waals surface area (Å²) in [6.45, 7) is 4.84. The quantitative estimate of drug-likeness (QED) is 0.502. The fourth-order valence-electron chi connectivity index (χ4n) is 8.03. The van der Waals surface area contributed by atoms with E-state index in [9.17, 15) is 14.7 Å². The monoisotopic (exact) mass is 436 g/mol. The van der Waals surface area contributed by atoms with Crippen LogP contribution in [0.3, 0.4) is 0 Å². The van der Waals surface area contributed by atoms with Crippen LogP contribution in [0.5, 0.6) is 0 Å². The predicted molar refractivity (Wildman–Crippen MR) is 109 cm³/mol. The standard InChI is InChI=1S/C24H33FO6/c1-21-12-17(26)20-15(16(21)5-4-14(21)10-19(27)29-3)11-18(25)24(28)13-23(30-8-9-31-23)7-6-22(20,24)2/h10,15-16,18,20,28H,4-9,11-13H2,1-3H3/b14-10-/t15-,16-,18+,20+,21+,22+,24-/m0/s1. The molecule has 31 heavy (non-hydrogen) atoms. The molecule has 4 aliphatic carbocycles. The summed E-state index contributed by atoms with van der Waals surface area (Å²) in [5, 5.41) is 11.7. The number of methoxy groups -OCH3 is 1. The number of fused-ring (bicyclic) bond motifs is 5. The zero-order valence-electron chi connectivity index (χ0n) is 18.6. The SMILES string of the molecule is COC(=O)/C=C1/CC[C@H]2[C@@H]3C[C@@H](F)[C@@]4(O)CC5(CC[C@]4(C)[C@H]3C(=O)C[C@]12C)OCCO5. The van der Waals surface area contributed by atoms with Crippen LogP contribution in [0.15, 0.2) is 11.6 Å². The first kappa shape index (κ1) is 21.5. The normalized spacial score (nSPS) is 49.6. The molecule has 0 aromatic carbocycles. The fourth-order valence-corrected chi connectivity index (χ4v) is 8.03. The number of esters is 1. The summed E-state index contributed by atoms with van der Waals surface area (Å²) in [7, 11) is 1.35. The van der Waals surface area contributed by atoms with Crippen LogP contribution in [-0.2, 0) is 23.8 Å². The highest BCUT2D eigenvalue weighted by atomic mass is 19.1. The molecular weight excluding hydrogens is 403 g/mol. The van der Waals surface area contributed by atoms with Crippen LogP contribution < -0.4 is 0 Å². The van der Waals surface area contributed by atoms with Crippen molar-refractivity contribution in [2.24, 2.45) is 28.6 Å². The third-order valence-corrected chi connectivity index (χ3v) is 9.65. The average Bonchev–Trinajstić information content (AvgIpc) is 3.29. The fraction of sp³-hybridized carbons (Fsp3) is 0.833. The highest BCUT2D eigenvalue weighted by Gasteiger charge is 2.72. The van der Waals surface area contributed by atoms with Crippen molar-refractivity contribution in [2.45, 2.75) is 76.4 Å². The predicted octanol–water partition coefficient (Wildman–Crippen LogP) is 3.11. The molecule has 5 rings (SSSR count). The minimum atomic E-state index is -1.65. The number of carbonyl (C=O) groups excluding carboxylic acids is 2. The van der Waals surface area contributed by atoms with Gasteiger partial charge in [0.25, 0.3) is 0 Å². The Hall–Kier alpha value is -1.31. The van der Waals surface area contributed by atoms with Gasteiger partial charge in [0.2, 0.25) is 0 Å². The third kappa shape index (κ3) is 2.78. The minimum Gasteiger partial charge on any atom is -0.466 e. The number of Topliss-reactive ketones (excluding diaryl/α,β-unsaturated/α-hetero) is 1. The summed E-state index contributed by atoms with van der Waals surface area (Å²) in [5.41, 5.74) is -2.02. The van der Waals surface area contributed by atoms with Crippen LogP contribution in [0.2, 0.25) is 0 Å². The lowest BCUT2D eigenvalue weighted by Crippen LogP contribution is -2.71. The largest absolute Gasteiger partial charge is 0.466 e. The number of hydrogen-bond acceptors (Lipinski definition) is 6. The summed E-state index contributed by atoms with van der Waals surface area (Å²) >= 11 is 0. The molecule has 7 atom stereocenters. The van der Waals surface area contributed by atoms with Gasteiger partial charge in [-0.05, 0) is 42.9 Å². The number of rotatable bonds is 1. The van der Waals surface area contributed by atoms with Crippen LogP contribution in [0.25, 0.3) is 0 Å². The molecule has 7 heteroatoms. The Bertz CT molecular complexity index is 834. The van der Waals surface area contributed by atoms with Crippen molar-refractivity contribution in [3.05, 3.63) is 11.6 Å². The second kappa shape index (κ2) is 6.84. The second-order valence-corrected chi connectivity index (χ2v) is 10.9. The zero-order valence-corrected chi connectivity index (χ0v) is 18.6. The maximum absolute atomic E-state index is 15.9. The first-order chi connectivity index (χ1) is 14.6. The third-order valence-electron chi connectivity index (χ3n) is 9.65. The number of hydrogen-bond donors (Lipinski definition) is 1. The highest BCUT2D eigenvalue weighted by molar-refractivity contribution is 5.87. The number of carbonyl (C=O) groups is 2. The number of allylic oxidation sites excluding steroid dienone is 1. The molecular formula is C24H33FO6. The van der Waals surface area contributed by atoms with Crippen molar-refractivity contribution in [3.63, 3.8) is 0 Å². The van der Waals surface area contributed by atoms with E-state index in [1.54, 1.807) is 0 Å². The van der Waals surface area contributed by atoms with Gasteiger partial charge in [-0.1, -0.05) is 19.4 Å². The topological polar surface area (TPSA) is 82.1 Å². The summed E-state index contributed by atoms with van der Waals surface area (Å²) < 4.78 is 32.3. The molecule has 1 spiro atoms. The lowest BCUT2D eigenvalue weighted by molar-refractivity contribution is -0.297. The van der Waals surface area contributed by atoms with Crippen LogP contribution in [0.1, 0.15) is 58.8 Å². The summed E-state index contributed by atoms with van der Waals surface area (Å²) in [5.74, 6) is -1.68. The van der Waals surface area contributed by atoms with E-state index in [2.05, 4.69) is 0 Å². The molecule has 5 fully saturated rings. The smallest absolute Gasteiger partial charge is 0.330 e. The van der Waals surface area contributed by atoms with Gasteiger partial charge < -0.3 is 19.3 Å². The first-order valence-corrected chi connectivity index (χ1v) is 11.5. The van der Waals surface area contributed by atoms with Gasteiger partial charge in [0, 0.05) is 36.7 Å². The summed E-state index contributed by atoms with van der Waals surface area (Å²) in [6.07, 6.45) is 3.22. The van der Waals surface area contributed by atoms with Crippen molar-refractivity contribution in [3.8, 4) is 0 Å². The molecule has 1 saturated heterocycles. The van der Waals surface area contributed by atoms with E-state index in [1.807, 2.05) is 13.8 Å². The Morgan fingerprint density at radius 1 is 1.26 bits per heavy atom. The molecule has 1 aliphatic heterocycles. The lowest BCUT2D eigenvalue weighted by atomic mass is 9.42. The van der Waals surface area contributed by atoms with Crippen LogP contribution in [0, 0.1) is 28.6 Å². The molecule has 5 aliphatic rings. The van der Waals surface area contributed by atoms with Gasteiger partial charge in [-0.25, -0.2) is 9.18 Å². The molecule has 0 aromatic rings. The Balaban J connectivity index is 1.51.